The third-order valence-corrected chi connectivity index (χ3v) is 3.94. The largest absolute Gasteiger partial charge is 0.394 e. The van der Waals surface area contributed by atoms with Crippen molar-refractivity contribution in [1.82, 2.24) is 0 Å². The summed E-state index contributed by atoms with van der Waals surface area (Å²) in [5.41, 5.74) is 0. The van der Waals surface area contributed by atoms with Crippen LogP contribution in [0.3, 0.4) is 0 Å². The molecule has 0 aromatic heterocycles. The molecule has 10 heteroatoms. The Labute approximate surface area is 126 Å². The Kier molecular flexibility index (Phi) is 5.72. The second-order valence-corrected chi connectivity index (χ2v) is 5.51. The standard InChI is InChI=1S/C12H22O10/c1-3-5(14)6(15)9(18)12(20-3)22-10-4(2-13)21-11(19)8(17)7(10)16/h3-19H,2H2,1H3/t3-,4+,5-,6+,7+,8+,9+,10-,11+,12-/m0/s1. The van der Waals surface area contributed by atoms with E-state index >= 15 is 0 Å². The van der Waals surface area contributed by atoms with E-state index in [1.807, 2.05) is 0 Å². The zero-order valence-corrected chi connectivity index (χ0v) is 11.8. The number of aliphatic hydroxyl groups excluding tert-OH is 7. The van der Waals surface area contributed by atoms with Crippen molar-refractivity contribution in [3.05, 3.63) is 0 Å². The molecule has 0 amide bonds. The van der Waals surface area contributed by atoms with Gasteiger partial charge in [0.15, 0.2) is 12.6 Å². The SMILES string of the molecule is C[C@@H]1O[C@@H](O[C@@H]2[C@H](O)[C@@H](O)[C@H](O)O[C@@H]2CO)[C@H](O)[C@H](O)[C@H]1O. The summed E-state index contributed by atoms with van der Waals surface area (Å²) in [4.78, 5) is 0. The predicted octanol–water partition coefficient (Wildman–Crippen LogP) is -4.37. The lowest BCUT2D eigenvalue weighted by Crippen LogP contribution is -2.63. The molecule has 0 spiro atoms. The Morgan fingerprint density at radius 1 is 0.818 bits per heavy atom. The number of rotatable bonds is 3. The van der Waals surface area contributed by atoms with Crippen LogP contribution in [0.1, 0.15) is 6.92 Å². The number of hydrogen-bond donors (Lipinski definition) is 7. The second-order valence-electron chi connectivity index (χ2n) is 5.51. The Morgan fingerprint density at radius 2 is 1.45 bits per heavy atom. The van der Waals surface area contributed by atoms with E-state index in [2.05, 4.69) is 0 Å². The summed E-state index contributed by atoms with van der Waals surface area (Å²) in [6.07, 6.45) is -14.2. The second kappa shape index (κ2) is 7.01. The van der Waals surface area contributed by atoms with E-state index in [0.29, 0.717) is 0 Å². The van der Waals surface area contributed by atoms with Crippen LogP contribution in [0, 0.1) is 0 Å². The lowest BCUT2D eigenvalue weighted by Gasteiger charge is -2.44. The van der Waals surface area contributed by atoms with Gasteiger partial charge in [-0.2, -0.15) is 0 Å². The molecule has 22 heavy (non-hydrogen) atoms. The van der Waals surface area contributed by atoms with Gasteiger partial charge in [-0.15, -0.1) is 0 Å². The van der Waals surface area contributed by atoms with Crippen molar-refractivity contribution in [1.29, 1.82) is 0 Å². The monoisotopic (exact) mass is 326 g/mol. The van der Waals surface area contributed by atoms with Crippen molar-refractivity contribution >= 4 is 0 Å². The van der Waals surface area contributed by atoms with Gasteiger partial charge in [0.25, 0.3) is 0 Å². The number of aliphatic hydroxyl groups is 7. The molecular weight excluding hydrogens is 304 g/mol. The molecule has 0 aliphatic carbocycles. The average molecular weight is 326 g/mol. The molecule has 2 heterocycles. The Hall–Kier alpha value is -0.400. The molecule has 0 radical (unpaired) electrons. The minimum Gasteiger partial charge on any atom is -0.394 e. The van der Waals surface area contributed by atoms with E-state index in [-0.39, 0.29) is 0 Å². The molecule has 2 rings (SSSR count). The molecule has 130 valence electrons. The third kappa shape index (κ3) is 3.26. The average Bonchev–Trinajstić information content (AvgIpc) is 2.50. The molecule has 2 aliphatic heterocycles. The van der Waals surface area contributed by atoms with Crippen LogP contribution in [0.4, 0.5) is 0 Å². The van der Waals surface area contributed by atoms with E-state index in [1.54, 1.807) is 0 Å². The first-order chi connectivity index (χ1) is 10.3. The summed E-state index contributed by atoms with van der Waals surface area (Å²) in [5.74, 6) is 0. The van der Waals surface area contributed by atoms with Gasteiger partial charge in [0, 0.05) is 0 Å². The van der Waals surface area contributed by atoms with Crippen molar-refractivity contribution in [2.24, 2.45) is 0 Å². The zero-order valence-electron chi connectivity index (χ0n) is 11.8. The summed E-state index contributed by atoms with van der Waals surface area (Å²) < 4.78 is 15.4. The molecule has 10 nitrogen and oxygen atoms in total. The molecule has 0 unspecified atom stereocenters. The highest BCUT2D eigenvalue weighted by molar-refractivity contribution is 4.93. The van der Waals surface area contributed by atoms with Crippen molar-refractivity contribution in [3.63, 3.8) is 0 Å². The van der Waals surface area contributed by atoms with Gasteiger partial charge in [0.2, 0.25) is 0 Å². The van der Waals surface area contributed by atoms with Crippen LogP contribution >= 0.6 is 0 Å². The third-order valence-electron chi connectivity index (χ3n) is 3.94. The van der Waals surface area contributed by atoms with Crippen molar-refractivity contribution in [3.8, 4) is 0 Å². The molecule has 2 aliphatic rings. The summed E-state index contributed by atoms with van der Waals surface area (Å²) in [6.45, 7) is 0.821. The normalized spacial score (nSPS) is 53.5. The maximum atomic E-state index is 9.93. The molecule has 0 aromatic carbocycles. The highest BCUT2D eigenvalue weighted by atomic mass is 16.7. The van der Waals surface area contributed by atoms with Crippen LogP contribution in [0.15, 0.2) is 0 Å². The van der Waals surface area contributed by atoms with Crippen LogP contribution in [0.5, 0.6) is 0 Å². The quantitative estimate of drug-likeness (QED) is 0.269. The first-order valence-electron chi connectivity index (χ1n) is 6.93. The topological polar surface area (TPSA) is 169 Å². The fourth-order valence-corrected chi connectivity index (χ4v) is 2.52. The van der Waals surface area contributed by atoms with Crippen LogP contribution in [0.25, 0.3) is 0 Å². The Morgan fingerprint density at radius 3 is 2.05 bits per heavy atom. The molecule has 0 bridgehead atoms. The molecule has 0 aromatic rings. The Bertz CT molecular complexity index is 366. The molecule has 2 fully saturated rings. The van der Waals surface area contributed by atoms with Gasteiger partial charge in [-0.05, 0) is 6.92 Å². The molecule has 0 saturated carbocycles. The summed E-state index contributed by atoms with van der Waals surface area (Å²) >= 11 is 0. The fourth-order valence-electron chi connectivity index (χ4n) is 2.52. The van der Waals surface area contributed by atoms with Crippen LogP contribution < -0.4 is 0 Å². The zero-order chi connectivity index (χ0) is 16.6. The highest BCUT2D eigenvalue weighted by Crippen LogP contribution is 2.28. The number of ether oxygens (including phenoxy) is 3. The van der Waals surface area contributed by atoms with Crippen LogP contribution in [0.2, 0.25) is 0 Å². The summed E-state index contributed by atoms with van der Waals surface area (Å²) in [5, 5.41) is 67.3. The predicted molar refractivity (Wildman–Crippen MR) is 67.2 cm³/mol. The van der Waals surface area contributed by atoms with Gasteiger partial charge >= 0.3 is 0 Å². The molecule has 7 N–H and O–H groups in total. The van der Waals surface area contributed by atoms with Crippen molar-refractivity contribution in [2.45, 2.75) is 68.3 Å². The fraction of sp³-hybridized carbons (Fsp3) is 1.00. The lowest BCUT2D eigenvalue weighted by atomic mass is 9.97. The molecular formula is C12H22O10. The van der Waals surface area contributed by atoms with Gasteiger partial charge in [-0.3, -0.25) is 0 Å². The maximum absolute atomic E-state index is 9.93. The van der Waals surface area contributed by atoms with E-state index in [9.17, 15) is 35.7 Å². The van der Waals surface area contributed by atoms with Crippen LogP contribution in [-0.2, 0) is 14.2 Å². The Balaban J connectivity index is 2.10. The smallest absolute Gasteiger partial charge is 0.187 e. The van der Waals surface area contributed by atoms with Gasteiger partial charge in [-0.25, -0.2) is 0 Å². The van der Waals surface area contributed by atoms with Gasteiger partial charge in [0.1, 0.15) is 42.7 Å². The summed E-state index contributed by atoms with van der Waals surface area (Å²) in [7, 11) is 0. The molecule has 2 saturated heterocycles. The highest BCUT2D eigenvalue weighted by Gasteiger charge is 2.49. The maximum Gasteiger partial charge on any atom is 0.187 e. The minimum absolute atomic E-state index is 0.630. The van der Waals surface area contributed by atoms with E-state index in [0.717, 1.165) is 0 Å². The van der Waals surface area contributed by atoms with Crippen molar-refractivity contribution < 1.29 is 50.0 Å². The van der Waals surface area contributed by atoms with Crippen molar-refractivity contribution in [2.75, 3.05) is 6.61 Å². The first kappa shape index (κ1) is 17.9. The number of hydrogen-bond acceptors (Lipinski definition) is 10. The van der Waals surface area contributed by atoms with Crippen LogP contribution in [-0.4, -0.2) is 104 Å². The van der Waals surface area contributed by atoms with Gasteiger partial charge in [-0.1, -0.05) is 0 Å². The first-order valence-corrected chi connectivity index (χ1v) is 6.93. The summed E-state index contributed by atoms with van der Waals surface area (Å²) in [6, 6.07) is 0. The molecule has 10 atom stereocenters. The van der Waals surface area contributed by atoms with E-state index < -0.39 is 68.0 Å². The minimum atomic E-state index is -1.70. The van der Waals surface area contributed by atoms with Gasteiger partial charge < -0.3 is 50.0 Å². The lowest BCUT2D eigenvalue weighted by molar-refractivity contribution is -0.352. The van der Waals surface area contributed by atoms with E-state index in [4.69, 9.17) is 14.2 Å². The van der Waals surface area contributed by atoms with Gasteiger partial charge in [0.05, 0.1) is 12.7 Å². The van der Waals surface area contributed by atoms with E-state index in [1.165, 1.54) is 6.92 Å².